The Morgan fingerprint density at radius 1 is 1.07 bits per heavy atom. The van der Waals surface area contributed by atoms with Crippen molar-refractivity contribution in [3.05, 3.63) is 0 Å². The summed E-state index contributed by atoms with van der Waals surface area (Å²) in [6, 6.07) is 0. The summed E-state index contributed by atoms with van der Waals surface area (Å²) in [4.78, 5) is 0. The highest BCUT2D eigenvalue weighted by molar-refractivity contribution is 4.94. The lowest BCUT2D eigenvalue weighted by Crippen LogP contribution is -2.49. The van der Waals surface area contributed by atoms with Gasteiger partial charge in [0.25, 0.3) is 0 Å². The third kappa shape index (κ3) is 2.48. The Morgan fingerprint density at radius 3 is 1.86 bits per heavy atom. The van der Waals surface area contributed by atoms with Crippen molar-refractivity contribution >= 4 is 0 Å². The van der Waals surface area contributed by atoms with E-state index in [2.05, 4.69) is 0 Å². The van der Waals surface area contributed by atoms with E-state index in [4.69, 9.17) is 5.73 Å². The first-order valence-corrected chi connectivity index (χ1v) is 5.94. The standard InChI is InChI=1S/C12H25NO/c1-11(2,14)12(10-13)8-6-4-3-5-7-9-12/h14H,3-10,13H2,1-2H3. The highest BCUT2D eigenvalue weighted by Crippen LogP contribution is 2.42. The van der Waals surface area contributed by atoms with Gasteiger partial charge in [0, 0.05) is 12.0 Å². The SMILES string of the molecule is CC(C)(O)C1(CN)CCCCCCC1. The second kappa shape index (κ2) is 4.63. The normalized spacial score (nSPS) is 24.0. The molecule has 0 saturated heterocycles. The zero-order valence-electron chi connectivity index (χ0n) is 9.68. The van der Waals surface area contributed by atoms with Crippen LogP contribution >= 0.6 is 0 Å². The molecule has 0 radical (unpaired) electrons. The molecule has 0 unspecified atom stereocenters. The molecular formula is C12H25NO. The number of aliphatic hydroxyl groups is 1. The maximum absolute atomic E-state index is 10.2. The second-order valence-electron chi connectivity index (χ2n) is 5.31. The molecule has 1 fully saturated rings. The summed E-state index contributed by atoms with van der Waals surface area (Å²) < 4.78 is 0. The predicted molar refractivity (Wildman–Crippen MR) is 60.1 cm³/mol. The third-order valence-corrected chi connectivity index (χ3v) is 4.00. The second-order valence-corrected chi connectivity index (χ2v) is 5.31. The molecular weight excluding hydrogens is 174 g/mol. The summed E-state index contributed by atoms with van der Waals surface area (Å²) >= 11 is 0. The molecule has 2 heteroatoms. The van der Waals surface area contributed by atoms with Crippen molar-refractivity contribution in [2.24, 2.45) is 11.1 Å². The van der Waals surface area contributed by atoms with Crippen LogP contribution in [0.4, 0.5) is 0 Å². The van der Waals surface area contributed by atoms with E-state index in [1.807, 2.05) is 13.8 Å². The van der Waals surface area contributed by atoms with Crippen molar-refractivity contribution < 1.29 is 5.11 Å². The molecule has 0 aromatic heterocycles. The van der Waals surface area contributed by atoms with E-state index in [0.29, 0.717) is 6.54 Å². The molecule has 1 aliphatic carbocycles. The number of hydrogen-bond acceptors (Lipinski definition) is 2. The van der Waals surface area contributed by atoms with Crippen molar-refractivity contribution in [1.29, 1.82) is 0 Å². The molecule has 0 spiro atoms. The summed E-state index contributed by atoms with van der Waals surface area (Å²) in [7, 11) is 0. The minimum absolute atomic E-state index is 0.0343. The summed E-state index contributed by atoms with van der Waals surface area (Å²) in [6.45, 7) is 4.46. The molecule has 2 nitrogen and oxygen atoms in total. The average molecular weight is 199 g/mol. The molecule has 0 atom stereocenters. The summed E-state index contributed by atoms with van der Waals surface area (Å²) in [5, 5.41) is 10.2. The maximum atomic E-state index is 10.2. The van der Waals surface area contributed by atoms with Gasteiger partial charge < -0.3 is 10.8 Å². The highest BCUT2D eigenvalue weighted by Gasteiger charge is 2.41. The van der Waals surface area contributed by atoms with Crippen molar-refractivity contribution in [2.45, 2.75) is 64.4 Å². The molecule has 84 valence electrons. The minimum atomic E-state index is -0.626. The van der Waals surface area contributed by atoms with Crippen molar-refractivity contribution in [1.82, 2.24) is 0 Å². The summed E-state index contributed by atoms with van der Waals surface area (Å²) in [6.07, 6.45) is 8.59. The molecule has 1 aliphatic rings. The molecule has 0 bridgehead atoms. The fourth-order valence-electron chi connectivity index (χ4n) is 2.65. The Labute approximate surface area is 87.9 Å². The van der Waals surface area contributed by atoms with Crippen LogP contribution in [0.3, 0.4) is 0 Å². The lowest BCUT2D eigenvalue weighted by Gasteiger charge is -2.44. The topological polar surface area (TPSA) is 46.2 Å². The fraction of sp³-hybridized carbons (Fsp3) is 1.00. The molecule has 14 heavy (non-hydrogen) atoms. The van der Waals surface area contributed by atoms with Gasteiger partial charge in [0.05, 0.1) is 5.60 Å². The van der Waals surface area contributed by atoms with Crippen molar-refractivity contribution in [3.8, 4) is 0 Å². The van der Waals surface area contributed by atoms with E-state index in [0.717, 1.165) is 12.8 Å². The van der Waals surface area contributed by atoms with Crippen LogP contribution in [-0.4, -0.2) is 17.3 Å². The van der Waals surface area contributed by atoms with Crippen LogP contribution in [0.25, 0.3) is 0 Å². The molecule has 1 saturated carbocycles. The first kappa shape index (κ1) is 12.0. The minimum Gasteiger partial charge on any atom is -0.390 e. The third-order valence-electron chi connectivity index (χ3n) is 4.00. The van der Waals surface area contributed by atoms with E-state index in [1.54, 1.807) is 0 Å². The first-order valence-electron chi connectivity index (χ1n) is 5.94. The number of hydrogen-bond donors (Lipinski definition) is 2. The van der Waals surface area contributed by atoms with E-state index < -0.39 is 5.60 Å². The summed E-state index contributed by atoms with van der Waals surface area (Å²) in [5.74, 6) is 0. The van der Waals surface area contributed by atoms with Gasteiger partial charge in [-0.15, -0.1) is 0 Å². The first-order chi connectivity index (χ1) is 6.52. The Hall–Kier alpha value is -0.0800. The van der Waals surface area contributed by atoms with Crippen LogP contribution in [0, 0.1) is 5.41 Å². The van der Waals surface area contributed by atoms with Gasteiger partial charge >= 0.3 is 0 Å². The Morgan fingerprint density at radius 2 is 1.50 bits per heavy atom. The van der Waals surface area contributed by atoms with Crippen LogP contribution in [0.1, 0.15) is 58.8 Å². The zero-order valence-corrected chi connectivity index (χ0v) is 9.68. The van der Waals surface area contributed by atoms with Crippen LogP contribution in [0.5, 0.6) is 0 Å². The van der Waals surface area contributed by atoms with Crippen LogP contribution in [0.2, 0.25) is 0 Å². The fourth-order valence-corrected chi connectivity index (χ4v) is 2.65. The van der Waals surface area contributed by atoms with Gasteiger partial charge in [0.15, 0.2) is 0 Å². The van der Waals surface area contributed by atoms with Crippen LogP contribution < -0.4 is 5.73 Å². The van der Waals surface area contributed by atoms with Gasteiger partial charge in [-0.3, -0.25) is 0 Å². The molecule has 0 amide bonds. The van der Waals surface area contributed by atoms with Gasteiger partial charge in [-0.1, -0.05) is 32.1 Å². The Balaban J connectivity index is 2.73. The van der Waals surface area contributed by atoms with Crippen LogP contribution in [0.15, 0.2) is 0 Å². The lowest BCUT2D eigenvalue weighted by atomic mass is 9.66. The lowest BCUT2D eigenvalue weighted by molar-refractivity contribution is -0.0652. The quantitative estimate of drug-likeness (QED) is 0.717. The van der Waals surface area contributed by atoms with Gasteiger partial charge in [-0.05, 0) is 26.7 Å². The van der Waals surface area contributed by atoms with E-state index >= 15 is 0 Å². The Bertz CT molecular complexity index is 164. The molecule has 0 aromatic carbocycles. The molecule has 0 aliphatic heterocycles. The molecule has 0 heterocycles. The Kier molecular flexibility index (Phi) is 3.96. The number of nitrogens with two attached hydrogens (primary N) is 1. The highest BCUT2D eigenvalue weighted by atomic mass is 16.3. The van der Waals surface area contributed by atoms with Gasteiger partial charge in [-0.2, -0.15) is 0 Å². The van der Waals surface area contributed by atoms with Crippen molar-refractivity contribution in [3.63, 3.8) is 0 Å². The zero-order chi connectivity index (χ0) is 10.7. The molecule has 3 N–H and O–H groups in total. The monoisotopic (exact) mass is 199 g/mol. The molecule has 0 aromatic rings. The van der Waals surface area contributed by atoms with Gasteiger partial charge in [0.1, 0.15) is 0 Å². The maximum Gasteiger partial charge on any atom is 0.0659 e. The van der Waals surface area contributed by atoms with Crippen LogP contribution in [-0.2, 0) is 0 Å². The average Bonchev–Trinajstić information content (AvgIpc) is 2.02. The van der Waals surface area contributed by atoms with Gasteiger partial charge in [0.2, 0.25) is 0 Å². The number of rotatable bonds is 2. The van der Waals surface area contributed by atoms with Crippen molar-refractivity contribution in [2.75, 3.05) is 6.54 Å². The molecule has 1 rings (SSSR count). The largest absolute Gasteiger partial charge is 0.390 e. The van der Waals surface area contributed by atoms with E-state index in [9.17, 15) is 5.11 Å². The van der Waals surface area contributed by atoms with E-state index in [-0.39, 0.29) is 5.41 Å². The predicted octanol–water partition coefficient (Wildman–Crippen LogP) is 2.45. The van der Waals surface area contributed by atoms with Gasteiger partial charge in [-0.25, -0.2) is 0 Å². The smallest absolute Gasteiger partial charge is 0.0659 e. The summed E-state index contributed by atoms with van der Waals surface area (Å²) in [5.41, 5.74) is 5.22. The van der Waals surface area contributed by atoms with E-state index in [1.165, 1.54) is 32.1 Å².